The molecule has 1 N–H and O–H groups in total. The molecule has 0 bridgehead atoms. The topological polar surface area (TPSA) is 109 Å². The second-order valence-corrected chi connectivity index (χ2v) is 5.49. The third kappa shape index (κ3) is 5.62. The Balaban J connectivity index is 1.91. The Hall–Kier alpha value is -3.24. The minimum absolute atomic E-state index is 0.0743. The van der Waals surface area contributed by atoms with Crippen LogP contribution in [0.1, 0.15) is 17.8 Å². The molecule has 2 rings (SSSR count). The molecule has 1 aromatic heterocycles. The van der Waals surface area contributed by atoms with Gasteiger partial charge in [-0.05, 0) is 27.6 Å². The number of nitrogens with zero attached hydrogens (tertiary/aromatic N) is 3. The number of amides is 1. The van der Waals surface area contributed by atoms with Crippen LogP contribution in [0.25, 0.3) is 0 Å². The van der Waals surface area contributed by atoms with Gasteiger partial charge in [-0.1, -0.05) is 6.07 Å². The summed E-state index contributed by atoms with van der Waals surface area (Å²) < 4.78 is 35.7. The van der Waals surface area contributed by atoms with Crippen molar-refractivity contribution in [3.05, 3.63) is 45.9 Å². The van der Waals surface area contributed by atoms with Crippen molar-refractivity contribution in [1.82, 2.24) is 14.9 Å². The summed E-state index contributed by atoms with van der Waals surface area (Å²) in [5.74, 6) is -0.128. The van der Waals surface area contributed by atoms with Gasteiger partial charge < -0.3 is 29.5 Å². The number of imidazole rings is 1. The molecule has 9 nitrogen and oxygen atoms in total. The van der Waals surface area contributed by atoms with Crippen molar-refractivity contribution in [3.8, 4) is 11.5 Å². The Labute approximate surface area is 153 Å². The van der Waals surface area contributed by atoms with Crippen molar-refractivity contribution >= 4 is 11.7 Å². The largest absolute Gasteiger partial charge is 0.493 e. The number of nitrogens with one attached hydrogen (secondary N) is 1. The Morgan fingerprint density at radius 2 is 2.15 bits per heavy atom. The van der Waals surface area contributed by atoms with Gasteiger partial charge >= 0.3 is 12.4 Å². The van der Waals surface area contributed by atoms with Gasteiger partial charge in [0.25, 0.3) is 0 Å². The Bertz CT molecular complexity index is 825. The molecule has 1 heterocycles. The minimum Gasteiger partial charge on any atom is -0.493 e. The summed E-state index contributed by atoms with van der Waals surface area (Å²) in [7, 11) is 1.33. The highest BCUT2D eigenvalue weighted by atomic mass is 19.3. The number of rotatable bonds is 9. The lowest BCUT2D eigenvalue weighted by atomic mass is 10.2. The number of benzene rings is 1. The molecule has 0 aliphatic heterocycles. The van der Waals surface area contributed by atoms with Crippen LogP contribution in [-0.4, -0.2) is 34.1 Å². The molecule has 0 aliphatic carbocycles. The third-order valence-electron chi connectivity index (χ3n) is 3.66. The summed E-state index contributed by atoms with van der Waals surface area (Å²) in [5.41, 5.74) is 0.550. The first kappa shape index (κ1) is 20.1. The van der Waals surface area contributed by atoms with Gasteiger partial charge in [0.05, 0.1) is 7.11 Å². The summed E-state index contributed by atoms with van der Waals surface area (Å²) >= 11 is 0. The van der Waals surface area contributed by atoms with Gasteiger partial charge in [0.2, 0.25) is 11.7 Å². The second-order valence-electron chi connectivity index (χ2n) is 5.49. The van der Waals surface area contributed by atoms with Crippen molar-refractivity contribution in [2.24, 2.45) is 0 Å². The lowest BCUT2D eigenvalue weighted by Gasteiger charge is -2.12. The van der Waals surface area contributed by atoms with Crippen LogP contribution < -0.4 is 14.8 Å². The Morgan fingerprint density at radius 1 is 1.41 bits per heavy atom. The zero-order valence-corrected chi connectivity index (χ0v) is 14.6. The van der Waals surface area contributed by atoms with Crippen molar-refractivity contribution in [3.63, 3.8) is 0 Å². The number of halogens is 2. The number of alkyl halides is 2. The SMILES string of the molecule is COc1ccc(CNC(=O)CCn2cc([N+](=O)[O-])nc2C)cc1OC(F)F. The predicted molar refractivity (Wildman–Crippen MR) is 89.7 cm³/mol. The summed E-state index contributed by atoms with van der Waals surface area (Å²) in [4.78, 5) is 25.8. The van der Waals surface area contributed by atoms with Gasteiger partial charge in [-0.25, -0.2) is 0 Å². The maximum atomic E-state index is 12.4. The first-order chi connectivity index (χ1) is 12.8. The Kier molecular flexibility index (Phi) is 6.63. The molecular formula is C16H18F2N4O5. The fraction of sp³-hybridized carbons (Fsp3) is 0.375. The number of aryl methyl sites for hydroxylation is 2. The number of carbonyl (C=O) groups excluding carboxylic acids is 1. The molecule has 1 aromatic carbocycles. The molecule has 2 aromatic rings. The number of hydrogen-bond donors (Lipinski definition) is 1. The van der Waals surface area contributed by atoms with E-state index in [2.05, 4.69) is 15.0 Å². The molecule has 146 valence electrons. The van der Waals surface area contributed by atoms with E-state index in [0.717, 1.165) is 0 Å². The van der Waals surface area contributed by atoms with Gasteiger partial charge in [0, 0.05) is 26.4 Å². The standard InChI is InChI=1S/C16H18F2N4O5/c1-10-20-14(22(24)25)9-21(10)6-5-15(23)19-8-11-3-4-12(26-2)13(7-11)27-16(17)18/h3-4,7,9,16H,5-6,8H2,1-2H3,(H,19,23). The molecule has 27 heavy (non-hydrogen) atoms. The predicted octanol–water partition coefficient (Wildman–Crippen LogP) is 2.42. The molecule has 0 aliphatic rings. The summed E-state index contributed by atoms with van der Waals surface area (Å²) in [6.45, 7) is -1.06. The number of carbonyl (C=O) groups is 1. The lowest BCUT2D eigenvalue weighted by Crippen LogP contribution is -2.24. The van der Waals surface area contributed by atoms with Crippen LogP contribution in [0.5, 0.6) is 11.5 Å². The summed E-state index contributed by atoms with van der Waals surface area (Å²) in [6, 6.07) is 4.43. The molecule has 11 heteroatoms. The lowest BCUT2D eigenvalue weighted by molar-refractivity contribution is -0.389. The molecule has 0 fully saturated rings. The van der Waals surface area contributed by atoms with Crippen molar-refractivity contribution in [2.75, 3.05) is 7.11 Å². The van der Waals surface area contributed by atoms with Crippen LogP contribution in [0.3, 0.4) is 0 Å². The van der Waals surface area contributed by atoms with E-state index < -0.39 is 11.5 Å². The van der Waals surface area contributed by atoms with E-state index in [1.54, 1.807) is 13.0 Å². The minimum atomic E-state index is -2.99. The fourth-order valence-electron chi connectivity index (χ4n) is 2.34. The molecular weight excluding hydrogens is 366 g/mol. The maximum Gasteiger partial charge on any atom is 0.387 e. The second kappa shape index (κ2) is 8.92. The smallest absolute Gasteiger partial charge is 0.387 e. The van der Waals surface area contributed by atoms with E-state index in [1.807, 2.05) is 0 Å². The van der Waals surface area contributed by atoms with Crippen LogP contribution >= 0.6 is 0 Å². The van der Waals surface area contributed by atoms with Crippen LogP contribution in [-0.2, 0) is 17.9 Å². The average Bonchev–Trinajstić information content (AvgIpc) is 2.99. The van der Waals surface area contributed by atoms with Crippen LogP contribution in [0.2, 0.25) is 0 Å². The number of methoxy groups -OCH3 is 1. The monoisotopic (exact) mass is 384 g/mol. The van der Waals surface area contributed by atoms with Gasteiger partial charge in [-0.2, -0.15) is 8.78 Å². The quantitative estimate of drug-likeness (QED) is 0.525. The number of nitro groups is 1. The van der Waals surface area contributed by atoms with Gasteiger partial charge in [-0.15, -0.1) is 0 Å². The molecule has 1 amide bonds. The summed E-state index contributed by atoms with van der Waals surface area (Å²) in [5, 5.41) is 13.3. The molecule has 0 unspecified atom stereocenters. The first-order valence-electron chi connectivity index (χ1n) is 7.86. The first-order valence-corrected chi connectivity index (χ1v) is 7.86. The van der Waals surface area contributed by atoms with Gasteiger partial charge in [-0.3, -0.25) is 4.79 Å². The number of hydrogen-bond acceptors (Lipinski definition) is 6. The Morgan fingerprint density at radius 3 is 2.74 bits per heavy atom. The van der Waals surface area contributed by atoms with Gasteiger partial charge in [0.15, 0.2) is 11.5 Å². The third-order valence-corrected chi connectivity index (χ3v) is 3.66. The van der Waals surface area contributed by atoms with E-state index in [4.69, 9.17) is 4.74 Å². The zero-order valence-electron chi connectivity index (χ0n) is 14.6. The number of aromatic nitrogens is 2. The van der Waals surface area contributed by atoms with Crippen molar-refractivity contribution in [1.29, 1.82) is 0 Å². The fourth-order valence-corrected chi connectivity index (χ4v) is 2.34. The van der Waals surface area contributed by atoms with E-state index in [1.165, 1.54) is 30.0 Å². The average molecular weight is 384 g/mol. The highest BCUT2D eigenvalue weighted by Crippen LogP contribution is 2.29. The van der Waals surface area contributed by atoms with E-state index in [-0.39, 0.29) is 42.7 Å². The highest BCUT2D eigenvalue weighted by molar-refractivity contribution is 5.75. The van der Waals surface area contributed by atoms with Crippen molar-refractivity contribution < 1.29 is 28.0 Å². The maximum absolute atomic E-state index is 12.4. The van der Waals surface area contributed by atoms with Crippen molar-refractivity contribution in [2.45, 2.75) is 33.0 Å². The van der Waals surface area contributed by atoms with E-state index in [0.29, 0.717) is 11.4 Å². The van der Waals surface area contributed by atoms with E-state index in [9.17, 15) is 23.7 Å². The summed E-state index contributed by atoms with van der Waals surface area (Å²) in [6.07, 6.45) is 1.34. The molecule has 0 saturated heterocycles. The number of ether oxygens (including phenoxy) is 2. The van der Waals surface area contributed by atoms with E-state index >= 15 is 0 Å². The zero-order chi connectivity index (χ0) is 20.0. The molecule has 0 spiro atoms. The van der Waals surface area contributed by atoms with Crippen LogP contribution in [0, 0.1) is 17.0 Å². The molecule has 0 saturated carbocycles. The van der Waals surface area contributed by atoms with Gasteiger partial charge in [0.1, 0.15) is 6.20 Å². The van der Waals surface area contributed by atoms with Crippen LogP contribution in [0.4, 0.5) is 14.6 Å². The molecule has 0 radical (unpaired) electrons. The molecule has 0 atom stereocenters. The normalized spacial score (nSPS) is 10.7. The van der Waals surface area contributed by atoms with Crippen LogP contribution in [0.15, 0.2) is 24.4 Å². The highest BCUT2D eigenvalue weighted by Gasteiger charge is 2.16.